The molecule has 2 atom stereocenters. The Balaban J connectivity index is 4.93. The third kappa shape index (κ3) is 3.16. The van der Waals surface area contributed by atoms with Gasteiger partial charge in [0.2, 0.25) is 0 Å². The number of nitrogens with zero attached hydrogens (tertiary/aromatic N) is 1. The largest absolute Gasteiger partial charge is 0.297 e. The molecule has 2 unspecified atom stereocenters. The minimum absolute atomic E-state index is 0.145. The van der Waals surface area contributed by atoms with Gasteiger partial charge in [-0.3, -0.25) is 16.2 Å². The van der Waals surface area contributed by atoms with Crippen LogP contribution in [-0.2, 0) is 0 Å². The fraction of sp³-hybridized carbons (Fsp3) is 1.00. The second kappa shape index (κ2) is 6.46. The summed E-state index contributed by atoms with van der Waals surface area (Å²) in [5.41, 5.74) is 3.15. The summed E-state index contributed by atoms with van der Waals surface area (Å²) in [7, 11) is 0. The van der Waals surface area contributed by atoms with Crippen molar-refractivity contribution in [3.63, 3.8) is 0 Å². The zero-order valence-corrected chi connectivity index (χ0v) is 11.3. The van der Waals surface area contributed by atoms with Crippen molar-refractivity contribution in [2.24, 2.45) is 11.8 Å². The maximum Gasteiger partial charge on any atom is 0.0414 e. The van der Waals surface area contributed by atoms with Crippen LogP contribution in [0.2, 0.25) is 0 Å². The maximum atomic E-state index is 5.71. The van der Waals surface area contributed by atoms with Crippen LogP contribution in [0.3, 0.4) is 0 Å². The molecule has 3 N–H and O–H groups in total. The average Bonchev–Trinajstić information content (AvgIpc) is 2.19. The molecule has 3 heteroatoms. The number of nitrogens with one attached hydrogen (secondary N) is 1. The summed E-state index contributed by atoms with van der Waals surface area (Å²) < 4.78 is 0. The van der Waals surface area contributed by atoms with Gasteiger partial charge in [-0.2, -0.15) is 0 Å². The lowest BCUT2D eigenvalue weighted by Gasteiger charge is -2.47. The molecule has 0 spiro atoms. The standard InChI is InChI=1S/C12H29N3/c1-7-12(6,15(8-2)9-3)11(14-13)10(4)5/h10-11,14H,7-9,13H2,1-6H3. The van der Waals surface area contributed by atoms with E-state index in [1.54, 1.807) is 0 Å². The summed E-state index contributed by atoms with van der Waals surface area (Å²) in [6, 6.07) is 0.336. The fourth-order valence-electron chi connectivity index (χ4n) is 2.68. The van der Waals surface area contributed by atoms with Gasteiger partial charge in [0, 0.05) is 11.6 Å². The molecule has 0 saturated carbocycles. The lowest BCUT2D eigenvalue weighted by molar-refractivity contribution is 0.0520. The minimum Gasteiger partial charge on any atom is -0.297 e. The lowest BCUT2D eigenvalue weighted by Crippen LogP contribution is -2.62. The molecule has 0 aromatic heterocycles. The Morgan fingerprint density at radius 2 is 1.67 bits per heavy atom. The van der Waals surface area contributed by atoms with E-state index in [2.05, 4.69) is 51.9 Å². The molecule has 0 amide bonds. The number of likely N-dealkylation sites (N-methyl/N-ethyl adjacent to an activating group) is 1. The van der Waals surface area contributed by atoms with E-state index in [4.69, 9.17) is 5.84 Å². The number of hydrazine groups is 1. The van der Waals surface area contributed by atoms with Gasteiger partial charge in [0.1, 0.15) is 0 Å². The second-order valence-electron chi connectivity index (χ2n) is 4.77. The Morgan fingerprint density at radius 3 is 1.87 bits per heavy atom. The molecule has 15 heavy (non-hydrogen) atoms. The second-order valence-corrected chi connectivity index (χ2v) is 4.77. The van der Waals surface area contributed by atoms with Crippen molar-refractivity contribution < 1.29 is 0 Å². The van der Waals surface area contributed by atoms with Crippen LogP contribution in [0.1, 0.15) is 48.0 Å². The van der Waals surface area contributed by atoms with E-state index < -0.39 is 0 Å². The molecule has 0 aliphatic rings. The van der Waals surface area contributed by atoms with E-state index in [1.165, 1.54) is 0 Å². The highest BCUT2D eigenvalue weighted by molar-refractivity contribution is 4.96. The van der Waals surface area contributed by atoms with E-state index in [-0.39, 0.29) is 5.54 Å². The Bertz CT molecular complexity index is 166. The third-order valence-electron chi connectivity index (χ3n) is 3.72. The van der Waals surface area contributed by atoms with Gasteiger partial charge < -0.3 is 0 Å². The molecule has 0 saturated heterocycles. The highest BCUT2D eigenvalue weighted by atomic mass is 15.3. The van der Waals surface area contributed by atoms with Gasteiger partial charge in [-0.15, -0.1) is 0 Å². The van der Waals surface area contributed by atoms with Crippen LogP contribution in [0, 0.1) is 5.92 Å². The quantitative estimate of drug-likeness (QED) is 0.504. The molecule has 0 fully saturated rings. The van der Waals surface area contributed by atoms with Crippen molar-refractivity contribution in [1.82, 2.24) is 10.3 Å². The topological polar surface area (TPSA) is 41.3 Å². The van der Waals surface area contributed by atoms with Crippen molar-refractivity contribution in [3.8, 4) is 0 Å². The van der Waals surface area contributed by atoms with Gasteiger partial charge in [-0.25, -0.2) is 0 Å². The summed E-state index contributed by atoms with van der Waals surface area (Å²) in [5.74, 6) is 6.25. The highest BCUT2D eigenvalue weighted by Crippen LogP contribution is 2.27. The highest BCUT2D eigenvalue weighted by Gasteiger charge is 2.37. The first-order chi connectivity index (χ1) is 6.97. The van der Waals surface area contributed by atoms with Gasteiger partial charge in [0.05, 0.1) is 0 Å². The first kappa shape index (κ1) is 14.9. The molecule has 3 nitrogen and oxygen atoms in total. The monoisotopic (exact) mass is 215 g/mol. The molecule has 0 aromatic rings. The van der Waals surface area contributed by atoms with Crippen LogP contribution in [-0.4, -0.2) is 29.6 Å². The van der Waals surface area contributed by atoms with E-state index in [9.17, 15) is 0 Å². The summed E-state index contributed by atoms with van der Waals surface area (Å²) in [6.07, 6.45) is 1.11. The van der Waals surface area contributed by atoms with Crippen LogP contribution in [0.25, 0.3) is 0 Å². The van der Waals surface area contributed by atoms with Crippen molar-refractivity contribution in [2.45, 2.75) is 59.5 Å². The van der Waals surface area contributed by atoms with Crippen LogP contribution >= 0.6 is 0 Å². The van der Waals surface area contributed by atoms with Gasteiger partial charge in [-0.1, -0.05) is 34.6 Å². The Kier molecular flexibility index (Phi) is 6.41. The van der Waals surface area contributed by atoms with E-state index >= 15 is 0 Å². The normalized spacial score (nSPS) is 18.2. The molecule has 0 aromatic carbocycles. The summed E-state index contributed by atoms with van der Waals surface area (Å²) in [4.78, 5) is 2.50. The van der Waals surface area contributed by atoms with Gasteiger partial charge >= 0.3 is 0 Å². The van der Waals surface area contributed by atoms with Gasteiger partial charge in [0.15, 0.2) is 0 Å². The first-order valence-electron chi connectivity index (χ1n) is 6.18. The predicted molar refractivity (Wildman–Crippen MR) is 67.6 cm³/mol. The van der Waals surface area contributed by atoms with E-state index in [0.29, 0.717) is 12.0 Å². The third-order valence-corrected chi connectivity index (χ3v) is 3.72. The van der Waals surface area contributed by atoms with Crippen LogP contribution in [0.5, 0.6) is 0 Å². The first-order valence-corrected chi connectivity index (χ1v) is 6.18. The summed E-state index contributed by atoms with van der Waals surface area (Å²) >= 11 is 0. The lowest BCUT2D eigenvalue weighted by atomic mass is 9.81. The molecular weight excluding hydrogens is 186 g/mol. The van der Waals surface area contributed by atoms with Crippen LogP contribution < -0.4 is 11.3 Å². The zero-order chi connectivity index (χ0) is 12.1. The van der Waals surface area contributed by atoms with Crippen molar-refractivity contribution in [2.75, 3.05) is 13.1 Å². The molecular formula is C12H29N3. The maximum absolute atomic E-state index is 5.71. The molecule has 0 radical (unpaired) electrons. The van der Waals surface area contributed by atoms with Crippen molar-refractivity contribution in [1.29, 1.82) is 0 Å². The number of nitrogens with two attached hydrogens (primary N) is 1. The zero-order valence-electron chi connectivity index (χ0n) is 11.3. The average molecular weight is 215 g/mol. The van der Waals surface area contributed by atoms with Gasteiger partial charge in [-0.05, 0) is 32.4 Å². The SMILES string of the molecule is CCN(CC)C(C)(CC)C(NN)C(C)C. The number of hydrogen-bond donors (Lipinski definition) is 2. The molecule has 0 bridgehead atoms. The Hall–Kier alpha value is -0.120. The molecule has 92 valence electrons. The predicted octanol–water partition coefficient (Wildman–Crippen LogP) is 1.98. The molecule has 0 heterocycles. The summed E-state index contributed by atoms with van der Waals surface area (Å²) in [5, 5.41) is 0. The fourth-order valence-corrected chi connectivity index (χ4v) is 2.68. The number of rotatable bonds is 7. The Morgan fingerprint density at radius 1 is 1.20 bits per heavy atom. The van der Waals surface area contributed by atoms with Crippen molar-refractivity contribution >= 4 is 0 Å². The van der Waals surface area contributed by atoms with E-state index in [1.807, 2.05) is 0 Å². The minimum atomic E-state index is 0.145. The van der Waals surface area contributed by atoms with E-state index in [0.717, 1.165) is 19.5 Å². The van der Waals surface area contributed by atoms with Gasteiger partial charge in [0.25, 0.3) is 0 Å². The Labute approximate surface area is 95.4 Å². The molecule has 0 aliphatic heterocycles. The van der Waals surface area contributed by atoms with Crippen LogP contribution in [0.4, 0.5) is 0 Å². The smallest absolute Gasteiger partial charge is 0.0414 e. The van der Waals surface area contributed by atoms with Crippen LogP contribution in [0.15, 0.2) is 0 Å². The number of hydrogen-bond acceptors (Lipinski definition) is 3. The van der Waals surface area contributed by atoms with Crippen molar-refractivity contribution in [3.05, 3.63) is 0 Å². The molecule has 0 aliphatic carbocycles. The molecule has 0 rings (SSSR count). The summed E-state index contributed by atoms with van der Waals surface area (Å²) in [6.45, 7) is 15.6.